The Morgan fingerprint density at radius 2 is 1.96 bits per heavy atom. The van der Waals surface area contributed by atoms with E-state index in [-0.39, 0.29) is 11.7 Å². The molecule has 5 nitrogen and oxygen atoms in total. The number of carbonyl (C=O) groups is 2. The molecule has 0 bridgehead atoms. The molecule has 1 aliphatic heterocycles. The van der Waals surface area contributed by atoms with Gasteiger partial charge in [0, 0.05) is 19.0 Å². The second kappa shape index (κ2) is 8.47. The molecule has 1 saturated heterocycles. The number of nitrogens with zero attached hydrogens (tertiary/aromatic N) is 2. The molecular weight excluding hydrogens is 399 g/mol. The van der Waals surface area contributed by atoms with Crippen LogP contribution < -0.4 is 5.32 Å². The molecular formula is C17H18F3N3O2S2. The zero-order valence-corrected chi connectivity index (χ0v) is 15.9. The third-order valence-electron chi connectivity index (χ3n) is 4.27. The Kier molecular flexibility index (Phi) is 6.25. The summed E-state index contributed by atoms with van der Waals surface area (Å²) >= 11 is 2.91. The zero-order valence-electron chi connectivity index (χ0n) is 14.3. The van der Waals surface area contributed by atoms with Crippen LogP contribution in [-0.2, 0) is 9.59 Å². The van der Waals surface area contributed by atoms with Crippen LogP contribution in [0.5, 0.6) is 0 Å². The van der Waals surface area contributed by atoms with Crippen molar-refractivity contribution < 1.29 is 22.8 Å². The molecule has 0 aliphatic carbocycles. The minimum atomic E-state index is -4.41. The molecule has 0 atom stereocenters. The van der Waals surface area contributed by atoms with Crippen LogP contribution in [0.4, 0.5) is 13.2 Å². The average molecular weight is 417 g/mol. The van der Waals surface area contributed by atoms with Crippen LogP contribution in [0.3, 0.4) is 0 Å². The van der Waals surface area contributed by atoms with E-state index in [0.29, 0.717) is 25.9 Å². The Bertz CT molecular complexity index is 784. The van der Waals surface area contributed by atoms with E-state index in [2.05, 4.69) is 4.98 Å². The van der Waals surface area contributed by atoms with E-state index >= 15 is 0 Å². The van der Waals surface area contributed by atoms with Crippen LogP contribution >= 0.6 is 23.1 Å². The number of carbonyl (C=O) groups excluding carboxylic acids is 2. The molecule has 3 rings (SSSR count). The van der Waals surface area contributed by atoms with Gasteiger partial charge in [-0.05, 0) is 25.0 Å². The van der Waals surface area contributed by atoms with Crippen molar-refractivity contribution >= 4 is 45.1 Å². The molecule has 1 N–H and O–H groups in total. The van der Waals surface area contributed by atoms with Crippen LogP contribution in [-0.4, -0.2) is 53.3 Å². The molecule has 146 valence electrons. The second-order valence-corrected chi connectivity index (χ2v) is 8.48. The number of hydrogen-bond acceptors (Lipinski definition) is 5. The number of alkyl halides is 3. The molecule has 0 unspecified atom stereocenters. The molecule has 1 aromatic carbocycles. The van der Waals surface area contributed by atoms with Gasteiger partial charge in [-0.2, -0.15) is 13.2 Å². The highest BCUT2D eigenvalue weighted by Gasteiger charge is 2.31. The normalized spacial score (nSPS) is 15.9. The smallest absolute Gasteiger partial charge is 0.347 e. The highest BCUT2D eigenvalue weighted by molar-refractivity contribution is 8.01. The van der Waals surface area contributed by atoms with Gasteiger partial charge in [-0.1, -0.05) is 23.9 Å². The molecule has 2 aromatic rings. The van der Waals surface area contributed by atoms with Crippen molar-refractivity contribution in [3.63, 3.8) is 0 Å². The van der Waals surface area contributed by atoms with Crippen LogP contribution in [0.1, 0.15) is 12.8 Å². The zero-order chi connectivity index (χ0) is 19.4. The number of thioether (sulfide) groups is 1. The molecule has 1 aromatic heterocycles. The number of piperidine rings is 1. The maximum absolute atomic E-state index is 12.4. The minimum absolute atomic E-state index is 0.0478. The SMILES string of the molecule is O=C(NCC(F)(F)F)C1CCN(C(=O)CSc2nc3ccccc3s2)CC1. The largest absolute Gasteiger partial charge is 0.405 e. The van der Waals surface area contributed by atoms with Gasteiger partial charge >= 0.3 is 6.18 Å². The first-order chi connectivity index (χ1) is 12.8. The number of fused-ring (bicyclic) bond motifs is 1. The highest BCUT2D eigenvalue weighted by Crippen LogP contribution is 2.29. The summed E-state index contributed by atoms with van der Waals surface area (Å²) in [5.41, 5.74) is 0.906. The van der Waals surface area contributed by atoms with Gasteiger partial charge in [0.1, 0.15) is 6.54 Å². The van der Waals surface area contributed by atoms with E-state index in [1.165, 1.54) is 23.1 Å². The second-order valence-electron chi connectivity index (χ2n) is 6.22. The molecule has 1 aliphatic rings. The Hall–Kier alpha value is -1.81. The van der Waals surface area contributed by atoms with Crippen LogP contribution in [0, 0.1) is 5.92 Å². The van der Waals surface area contributed by atoms with Crippen molar-refractivity contribution in [2.75, 3.05) is 25.4 Å². The van der Waals surface area contributed by atoms with Gasteiger partial charge in [0.25, 0.3) is 0 Å². The number of nitrogens with one attached hydrogen (secondary N) is 1. The summed E-state index contributed by atoms with van der Waals surface area (Å²) in [6.45, 7) is -0.559. The molecule has 0 saturated carbocycles. The van der Waals surface area contributed by atoms with Gasteiger partial charge in [0.15, 0.2) is 4.34 Å². The van der Waals surface area contributed by atoms with E-state index in [1.807, 2.05) is 29.6 Å². The number of amides is 2. The molecule has 10 heteroatoms. The molecule has 0 radical (unpaired) electrons. The van der Waals surface area contributed by atoms with Crippen molar-refractivity contribution in [2.45, 2.75) is 23.4 Å². The van der Waals surface area contributed by atoms with Gasteiger partial charge in [-0.3, -0.25) is 9.59 Å². The van der Waals surface area contributed by atoms with E-state index in [1.54, 1.807) is 4.90 Å². The van der Waals surface area contributed by atoms with Gasteiger partial charge < -0.3 is 10.2 Å². The monoisotopic (exact) mass is 417 g/mol. The molecule has 2 amide bonds. The Morgan fingerprint density at radius 3 is 2.63 bits per heavy atom. The topological polar surface area (TPSA) is 62.3 Å². The third-order valence-corrected chi connectivity index (χ3v) is 6.44. The average Bonchev–Trinajstić information content (AvgIpc) is 3.06. The summed E-state index contributed by atoms with van der Waals surface area (Å²) in [6.07, 6.45) is -3.66. The van der Waals surface area contributed by atoms with Crippen LogP contribution in [0.25, 0.3) is 10.2 Å². The van der Waals surface area contributed by atoms with Crippen molar-refractivity contribution in [3.05, 3.63) is 24.3 Å². The lowest BCUT2D eigenvalue weighted by Crippen LogP contribution is -2.45. The van der Waals surface area contributed by atoms with Crippen molar-refractivity contribution in [1.29, 1.82) is 0 Å². The van der Waals surface area contributed by atoms with E-state index in [0.717, 1.165) is 14.6 Å². The van der Waals surface area contributed by atoms with E-state index < -0.39 is 24.5 Å². The number of para-hydroxylation sites is 1. The number of likely N-dealkylation sites (tertiary alicyclic amines) is 1. The molecule has 2 heterocycles. The highest BCUT2D eigenvalue weighted by atomic mass is 32.2. The first-order valence-electron chi connectivity index (χ1n) is 8.42. The molecule has 1 fully saturated rings. The lowest BCUT2D eigenvalue weighted by atomic mass is 9.96. The lowest BCUT2D eigenvalue weighted by molar-refractivity contribution is -0.142. The number of benzene rings is 1. The predicted octanol–water partition coefficient (Wildman–Crippen LogP) is 3.31. The fraction of sp³-hybridized carbons (Fsp3) is 0.471. The number of hydrogen-bond donors (Lipinski definition) is 1. The summed E-state index contributed by atoms with van der Waals surface area (Å²) in [5.74, 6) is -0.866. The Balaban J connectivity index is 1.43. The Morgan fingerprint density at radius 1 is 1.26 bits per heavy atom. The Labute approximate surface area is 162 Å². The van der Waals surface area contributed by atoms with Gasteiger partial charge in [-0.25, -0.2) is 4.98 Å². The summed E-state index contributed by atoms with van der Waals surface area (Å²) < 4.78 is 38.4. The van der Waals surface area contributed by atoms with Crippen molar-refractivity contribution in [3.8, 4) is 0 Å². The number of aromatic nitrogens is 1. The molecule has 27 heavy (non-hydrogen) atoms. The first-order valence-corrected chi connectivity index (χ1v) is 10.2. The van der Waals surface area contributed by atoms with Gasteiger partial charge in [-0.15, -0.1) is 11.3 Å². The quantitative estimate of drug-likeness (QED) is 0.759. The van der Waals surface area contributed by atoms with Crippen LogP contribution in [0.15, 0.2) is 28.6 Å². The van der Waals surface area contributed by atoms with Gasteiger partial charge in [0.2, 0.25) is 11.8 Å². The van der Waals surface area contributed by atoms with Crippen molar-refractivity contribution in [2.24, 2.45) is 5.92 Å². The standard InChI is InChI=1S/C17H18F3N3O2S2/c18-17(19,20)10-21-15(25)11-5-7-23(8-6-11)14(24)9-26-16-22-12-3-1-2-4-13(12)27-16/h1-4,11H,5-10H2,(H,21,25). The maximum atomic E-state index is 12.4. The minimum Gasteiger partial charge on any atom is -0.347 e. The number of rotatable bonds is 5. The summed E-state index contributed by atoms with van der Waals surface area (Å²) in [7, 11) is 0. The van der Waals surface area contributed by atoms with Crippen molar-refractivity contribution in [1.82, 2.24) is 15.2 Å². The number of halogens is 3. The predicted molar refractivity (Wildman–Crippen MR) is 98.7 cm³/mol. The van der Waals surface area contributed by atoms with E-state index in [4.69, 9.17) is 0 Å². The number of thiazole rings is 1. The summed E-state index contributed by atoms with van der Waals surface area (Å²) in [5, 5.41) is 1.92. The fourth-order valence-corrected chi connectivity index (χ4v) is 4.82. The third kappa shape index (κ3) is 5.58. The lowest BCUT2D eigenvalue weighted by Gasteiger charge is -2.31. The maximum Gasteiger partial charge on any atom is 0.405 e. The first kappa shape index (κ1) is 19.9. The summed E-state index contributed by atoms with van der Waals surface area (Å²) in [4.78, 5) is 30.3. The summed E-state index contributed by atoms with van der Waals surface area (Å²) in [6, 6.07) is 7.76. The van der Waals surface area contributed by atoms with Gasteiger partial charge in [0.05, 0.1) is 16.0 Å². The molecule has 0 spiro atoms. The van der Waals surface area contributed by atoms with E-state index in [9.17, 15) is 22.8 Å². The fourth-order valence-electron chi connectivity index (χ4n) is 2.85. The van der Waals surface area contributed by atoms with Crippen LogP contribution in [0.2, 0.25) is 0 Å².